The Morgan fingerprint density at radius 1 is 1.00 bits per heavy atom. The highest BCUT2D eigenvalue weighted by molar-refractivity contribution is 6.01. The number of anilines is 1. The maximum absolute atomic E-state index is 14.4. The average molecular weight is 518 g/mol. The van der Waals surface area contributed by atoms with Gasteiger partial charge in [0.05, 0.1) is 5.52 Å². The molecular formula is C28H28FN5O4. The van der Waals surface area contributed by atoms with Gasteiger partial charge < -0.3 is 15.5 Å². The molecule has 0 radical (unpaired) electrons. The van der Waals surface area contributed by atoms with Crippen molar-refractivity contribution in [3.63, 3.8) is 0 Å². The van der Waals surface area contributed by atoms with Crippen LogP contribution in [0.4, 0.5) is 10.1 Å². The largest absolute Gasteiger partial charge is 0.504 e. The van der Waals surface area contributed by atoms with Crippen LogP contribution in [0.2, 0.25) is 0 Å². The van der Waals surface area contributed by atoms with Crippen molar-refractivity contribution in [3.05, 3.63) is 78.1 Å². The van der Waals surface area contributed by atoms with Crippen molar-refractivity contribution in [2.45, 2.75) is 50.7 Å². The lowest BCUT2D eigenvalue weighted by atomic mass is 9.94. The van der Waals surface area contributed by atoms with Gasteiger partial charge in [-0.05, 0) is 60.9 Å². The summed E-state index contributed by atoms with van der Waals surface area (Å²) in [5.74, 6) is -2.39. The van der Waals surface area contributed by atoms with Gasteiger partial charge in [0, 0.05) is 11.7 Å². The first-order chi connectivity index (χ1) is 18.4. The first-order valence-electron chi connectivity index (χ1n) is 12.6. The molecule has 2 amide bonds. The van der Waals surface area contributed by atoms with Crippen molar-refractivity contribution in [2.75, 3.05) is 4.90 Å². The first-order valence-corrected chi connectivity index (χ1v) is 12.6. The number of fused-ring (bicyclic) bond motifs is 1. The number of nitrogens with one attached hydrogen (secondary N) is 1. The van der Waals surface area contributed by atoms with Gasteiger partial charge in [0.1, 0.15) is 23.9 Å². The molecule has 1 saturated carbocycles. The molecule has 38 heavy (non-hydrogen) atoms. The molecule has 196 valence electrons. The number of carbonyl (C=O) groups excluding carboxylic acids is 2. The van der Waals surface area contributed by atoms with Crippen molar-refractivity contribution in [3.8, 4) is 11.5 Å². The molecule has 0 saturated heterocycles. The highest BCUT2D eigenvalue weighted by Crippen LogP contribution is 2.34. The van der Waals surface area contributed by atoms with Gasteiger partial charge in [-0.2, -0.15) is 0 Å². The molecule has 4 aromatic rings. The van der Waals surface area contributed by atoms with Crippen LogP contribution in [0.1, 0.15) is 43.7 Å². The van der Waals surface area contributed by atoms with E-state index in [-0.39, 0.29) is 29.6 Å². The second kappa shape index (κ2) is 10.9. The van der Waals surface area contributed by atoms with Crippen LogP contribution in [0.15, 0.2) is 66.7 Å². The van der Waals surface area contributed by atoms with E-state index in [1.54, 1.807) is 24.3 Å². The number of benzene rings is 3. The Labute approximate surface area is 218 Å². The monoisotopic (exact) mass is 517 g/mol. The normalized spacial score (nSPS) is 14.8. The number of aromatic hydroxyl groups is 2. The van der Waals surface area contributed by atoms with Gasteiger partial charge in [-0.1, -0.05) is 48.7 Å². The number of hydrogen-bond donors (Lipinski definition) is 3. The summed E-state index contributed by atoms with van der Waals surface area (Å²) in [6, 6.07) is 15.2. The molecule has 1 aliphatic rings. The van der Waals surface area contributed by atoms with Crippen LogP contribution in [-0.4, -0.2) is 43.1 Å². The zero-order chi connectivity index (χ0) is 26.6. The second-order valence-corrected chi connectivity index (χ2v) is 9.47. The van der Waals surface area contributed by atoms with Crippen molar-refractivity contribution in [2.24, 2.45) is 0 Å². The molecule has 1 fully saturated rings. The summed E-state index contributed by atoms with van der Waals surface area (Å²) in [4.78, 5) is 29.0. The summed E-state index contributed by atoms with van der Waals surface area (Å²) in [5, 5.41) is 31.4. The number of carbonyl (C=O) groups is 2. The highest BCUT2D eigenvalue weighted by atomic mass is 19.1. The number of phenolic OH excluding ortho intramolecular Hbond substituents is 2. The third-order valence-electron chi connectivity index (χ3n) is 6.83. The lowest BCUT2D eigenvalue weighted by Gasteiger charge is -2.33. The van der Waals surface area contributed by atoms with Gasteiger partial charge in [0.15, 0.2) is 11.5 Å². The van der Waals surface area contributed by atoms with Crippen LogP contribution in [0.3, 0.4) is 0 Å². The topological polar surface area (TPSA) is 121 Å². The number of rotatable bonds is 7. The van der Waals surface area contributed by atoms with Crippen molar-refractivity contribution >= 4 is 28.5 Å². The Kier molecular flexibility index (Phi) is 7.21. The minimum Gasteiger partial charge on any atom is -0.504 e. The smallest absolute Gasteiger partial charge is 0.249 e. The first kappa shape index (κ1) is 25.2. The number of nitrogens with zero attached hydrogens (tertiary/aromatic N) is 4. The zero-order valence-corrected chi connectivity index (χ0v) is 20.6. The fourth-order valence-corrected chi connectivity index (χ4v) is 4.96. The van der Waals surface area contributed by atoms with Crippen LogP contribution in [-0.2, 0) is 16.1 Å². The molecule has 0 unspecified atom stereocenters. The number of amides is 2. The fourth-order valence-electron chi connectivity index (χ4n) is 4.96. The fraction of sp³-hybridized carbons (Fsp3) is 0.286. The van der Waals surface area contributed by atoms with E-state index in [0.29, 0.717) is 11.0 Å². The molecule has 1 aliphatic carbocycles. The molecule has 9 nitrogen and oxygen atoms in total. The van der Waals surface area contributed by atoms with Crippen LogP contribution < -0.4 is 10.2 Å². The number of aromatic nitrogens is 3. The highest BCUT2D eigenvalue weighted by Gasteiger charge is 2.35. The predicted octanol–water partition coefficient (Wildman–Crippen LogP) is 4.21. The van der Waals surface area contributed by atoms with Gasteiger partial charge in [0.2, 0.25) is 11.8 Å². The zero-order valence-electron chi connectivity index (χ0n) is 20.6. The molecule has 1 atom stereocenters. The number of hydrogen-bond acceptors (Lipinski definition) is 6. The average Bonchev–Trinajstić information content (AvgIpc) is 3.32. The summed E-state index contributed by atoms with van der Waals surface area (Å²) in [6.07, 6.45) is 4.71. The van der Waals surface area contributed by atoms with E-state index in [0.717, 1.165) is 32.1 Å². The summed E-state index contributed by atoms with van der Waals surface area (Å²) >= 11 is 0. The summed E-state index contributed by atoms with van der Waals surface area (Å²) in [5.41, 5.74) is 1.66. The van der Waals surface area contributed by atoms with E-state index in [4.69, 9.17) is 0 Å². The van der Waals surface area contributed by atoms with Gasteiger partial charge in [0.25, 0.3) is 0 Å². The lowest BCUT2D eigenvalue weighted by molar-refractivity contribution is -0.127. The van der Waals surface area contributed by atoms with E-state index in [1.807, 2.05) is 6.07 Å². The Hall–Kier alpha value is -4.47. The predicted molar refractivity (Wildman–Crippen MR) is 139 cm³/mol. The molecule has 0 spiro atoms. The molecule has 10 heteroatoms. The Balaban J connectivity index is 1.58. The van der Waals surface area contributed by atoms with Crippen molar-refractivity contribution < 1.29 is 24.2 Å². The van der Waals surface area contributed by atoms with Crippen LogP contribution in [0, 0.1) is 5.82 Å². The van der Waals surface area contributed by atoms with E-state index >= 15 is 0 Å². The van der Waals surface area contributed by atoms with Gasteiger partial charge >= 0.3 is 0 Å². The Bertz CT molecular complexity index is 1470. The van der Waals surface area contributed by atoms with E-state index < -0.39 is 29.4 Å². The minimum absolute atomic E-state index is 0.0619. The van der Waals surface area contributed by atoms with Crippen LogP contribution in [0.25, 0.3) is 11.0 Å². The van der Waals surface area contributed by atoms with Crippen LogP contribution >= 0.6 is 0 Å². The third kappa shape index (κ3) is 5.29. The molecule has 1 heterocycles. The number of halogens is 1. The number of phenols is 2. The summed E-state index contributed by atoms with van der Waals surface area (Å²) in [6.45, 7) is -0.270. The standard InChI is InChI=1S/C28H28FN5O4/c29-19-7-6-10-21(16-19)34(26(37)17-33-23-12-5-4-11-22(23)31-32-33)27(18-13-14-24(35)25(36)15-18)28(38)30-20-8-2-1-3-9-20/h4-7,10-16,20,27,35-36H,1-3,8-9,17H2,(H,30,38)/t27-/m1/s1. The molecular weight excluding hydrogens is 489 g/mol. The van der Waals surface area contributed by atoms with Crippen molar-refractivity contribution in [1.29, 1.82) is 0 Å². The second-order valence-electron chi connectivity index (χ2n) is 9.47. The third-order valence-corrected chi connectivity index (χ3v) is 6.83. The van der Waals surface area contributed by atoms with Crippen molar-refractivity contribution in [1.82, 2.24) is 20.3 Å². The SMILES string of the molecule is O=C(NC1CCCCC1)[C@@H](c1ccc(O)c(O)c1)N(C(=O)Cn1nnc2ccccc21)c1cccc(F)c1. The molecule has 3 aromatic carbocycles. The van der Waals surface area contributed by atoms with E-state index in [1.165, 1.54) is 46.0 Å². The lowest BCUT2D eigenvalue weighted by Crippen LogP contribution is -2.48. The van der Waals surface area contributed by atoms with Gasteiger partial charge in [-0.3, -0.25) is 14.5 Å². The number of para-hydroxylation sites is 1. The van der Waals surface area contributed by atoms with Gasteiger partial charge in [-0.25, -0.2) is 9.07 Å². The molecule has 0 aliphatic heterocycles. The molecule has 3 N–H and O–H groups in total. The van der Waals surface area contributed by atoms with E-state index in [9.17, 15) is 24.2 Å². The summed E-state index contributed by atoms with van der Waals surface area (Å²) < 4.78 is 15.8. The summed E-state index contributed by atoms with van der Waals surface area (Å²) in [7, 11) is 0. The minimum atomic E-state index is -1.26. The van der Waals surface area contributed by atoms with Crippen LogP contribution in [0.5, 0.6) is 11.5 Å². The molecule has 5 rings (SSSR count). The Morgan fingerprint density at radius 3 is 2.55 bits per heavy atom. The van der Waals surface area contributed by atoms with Gasteiger partial charge in [-0.15, -0.1) is 5.10 Å². The maximum Gasteiger partial charge on any atom is 0.249 e. The maximum atomic E-state index is 14.4. The molecule has 1 aromatic heterocycles. The quantitative estimate of drug-likeness (QED) is 0.316. The van der Waals surface area contributed by atoms with E-state index in [2.05, 4.69) is 15.6 Å². The Morgan fingerprint density at radius 2 is 1.79 bits per heavy atom. The molecule has 0 bridgehead atoms.